The van der Waals surface area contributed by atoms with Crippen LogP contribution in [-0.4, -0.2) is 60.8 Å². The number of methoxy groups -OCH3 is 1. The minimum absolute atomic E-state index is 0.0199. The van der Waals surface area contributed by atoms with Crippen LogP contribution in [0.4, 0.5) is 26.3 Å². The number of hydrogen-bond acceptors (Lipinski definition) is 9. The van der Waals surface area contributed by atoms with Crippen LogP contribution in [0.3, 0.4) is 0 Å². The number of aromatic nitrogens is 2. The average Bonchev–Trinajstić information content (AvgIpc) is 3.02. The van der Waals surface area contributed by atoms with Crippen molar-refractivity contribution in [1.29, 1.82) is 0 Å². The lowest BCUT2D eigenvalue weighted by atomic mass is 10.0. The molecule has 0 fully saturated rings. The van der Waals surface area contributed by atoms with Crippen LogP contribution >= 0.6 is 11.6 Å². The van der Waals surface area contributed by atoms with Gasteiger partial charge in [-0.15, -0.1) is 0 Å². The lowest BCUT2D eigenvalue weighted by Crippen LogP contribution is -2.29. The molecule has 0 saturated heterocycles. The number of alkyl halides is 6. The lowest BCUT2D eigenvalue weighted by molar-refractivity contribution is -0.182. The molecule has 1 heterocycles. The Hall–Kier alpha value is -4.74. The molecule has 1 N–H and O–H groups in total. The van der Waals surface area contributed by atoms with Gasteiger partial charge in [-0.1, -0.05) is 35.9 Å². The first-order valence-electron chi connectivity index (χ1n) is 13.1. The van der Waals surface area contributed by atoms with E-state index >= 15 is 0 Å². The minimum Gasteiger partial charge on any atom is -0.496 e. The van der Waals surface area contributed by atoms with Crippen LogP contribution in [0.1, 0.15) is 37.5 Å². The maximum absolute atomic E-state index is 13.3. The molecule has 0 bridgehead atoms. The van der Waals surface area contributed by atoms with E-state index in [-0.39, 0.29) is 22.9 Å². The Balaban J connectivity index is 0.000000480. The van der Waals surface area contributed by atoms with Crippen LogP contribution in [0.2, 0.25) is 5.02 Å². The van der Waals surface area contributed by atoms with Crippen molar-refractivity contribution >= 4 is 33.3 Å². The number of para-hydroxylation sites is 1. The molecule has 0 atom stereocenters. The molecular weight excluding hydrogens is 696 g/mol. The summed E-state index contributed by atoms with van der Waals surface area (Å²) in [5.41, 5.74) is -3.38. The van der Waals surface area contributed by atoms with Crippen LogP contribution in [0.25, 0.3) is 11.1 Å². The SMILES string of the molecule is COc1ccccc1-c1cnc(S(C)(=O)=O)nc1C(=O)N(C)Cc1cc(C(F)(F)F)cc(C(F)(F)F)c1.O=C(OO)c1cccc(Cl)c1. The van der Waals surface area contributed by atoms with Crippen LogP contribution in [-0.2, 0) is 33.6 Å². The van der Waals surface area contributed by atoms with Crippen molar-refractivity contribution in [3.05, 3.63) is 106 Å². The third kappa shape index (κ3) is 9.65. The molecular formula is C30H24ClF6N3O7S. The fourth-order valence-corrected chi connectivity index (χ4v) is 4.77. The molecule has 256 valence electrons. The summed E-state index contributed by atoms with van der Waals surface area (Å²) in [6.45, 7) is -0.671. The van der Waals surface area contributed by atoms with Crippen molar-refractivity contribution in [3.63, 3.8) is 0 Å². The van der Waals surface area contributed by atoms with Gasteiger partial charge in [-0.3, -0.25) is 9.68 Å². The maximum Gasteiger partial charge on any atom is 0.416 e. The van der Waals surface area contributed by atoms with Crippen molar-refractivity contribution < 1.29 is 59.2 Å². The average molecular weight is 720 g/mol. The first kappa shape index (κ1) is 37.7. The number of hydrogen-bond donors (Lipinski definition) is 1. The number of halogens is 7. The topological polar surface area (TPSA) is 136 Å². The molecule has 3 aromatic carbocycles. The van der Waals surface area contributed by atoms with Gasteiger partial charge in [0.1, 0.15) is 11.4 Å². The monoisotopic (exact) mass is 719 g/mol. The van der Waals surface area contributed by atoms with E-state index in [9.17, 15) is 44.3 Å². The van der Waals surface area contributed by atoms with Crippen LogP contribution in [0.5, 0.6) is 5.75 Å². The number of carbonyl (C=O) groups is 2. The highest BCUT2D eigenvalue weighted by atomic mass is 35.5. The Labute approximate surface area is 274 Å². The molecule has 18 heteroatoms. The largest absolute Gasteiger partial charge is 0.496 e. The van der Waals surface area contributed by atoms with Crippen LogP contribution < -0.4 is 4.74 Å². The van der Waals surface area contributed by atoms with E-state index in [0.29, 0.717) is 22.7 Å². The first-order valence-corrected chi connectivity index (χ1v) is 15.4. The highest BCUT2D eigenvalue weighted by Crippen LogP contribution is 2.37. The second-order valence-electron chi connectivity index (χ2n) is 9.85. The second kappa shape index (κ2) is 15.0. The number of ether oxygens (including phenoxy) is 1. The summed E-state index contributed by atoms with van der Waals surface area (Å²) >= 11 is 5.56. The fraction of sp³-hybridized carbons (Fsp3) is 0.200. The normalized spacial score (nSPS) is 11.6. The van der Waals surface area contributed by atoms with Gasteiger partial charge in [-0.05, 0) is 48.0 Å². The van der Waals surface area contributed by atoms with Crippen molar-refractivity contribution in [2.24, 2.45) is 0 Å². The Morgan fingerprint density at radius 3 is 2.04 bits per heavy atom. The van der Waals surface area contributed by atoms with Crippen molar-refractivity contribution in [3.8, 4) is 16.9 Å². The molecule has 4 rings (SSSR count). The predicted molar refractivity (Wildman–Crippen MR) is 159 cm³/mol. The quantitative estimate of drug-likeness (QED) is 0.0943. The zero-order valence-electron chi connectivity index (χ0n) is 24.9. The van der Waals surface area contributed by atoms with Gasteiger partial charge in [0.15, 0.2) is 0 Å². The zero-order chi connectivity index (χ0) is 36.0. The van der Waals surface area contributed by atoms with E-state index in [1.807, 2.05) is 0 Å². The maximum atomic E-state index is 13.3. The number of benzene rings is 3. The number of amides is 1. The van der Waals surface area contributed by atoms with E-state index < -0.39 is 68.2 Å². The van der Waals surface area contributed by atoms with Crippen molar-refractivity contribution in [2.75, 3.05) is 20.4 Å². The van der Waals surface area contributed by atoms with Gasteiger partial charge < -0.3 is 9.64 Å². The summed E-state index contributed by atoms with van der Waals surface area (Å²) in [4.78, 5) is 35.9. The fourth-order valence-electron chi connectivity index (χ4n) is 4.08. The molecule has 0 saturated carbocycles. The summed E-state index contributed by atoms with van der Waals surface area (Å²) in [5, 5.41) is 7.72. The van der Waals surface area contributed by atoms with Gasteiger partial charge in [0.25, 0.3) is 5.91 Å². The number of sulfone groups is 1. The highest BCUT2D eigenvalue weighted by Gasteiger charge is 2.37. The zero-order valence-corrected chi connectivity index (χ0v) is 26.5. The van der Waals surface area contributed by atoms with E-state index in [0.717, 1.165) is 24.4 Å². The summed E-state index contributed by atoms with van der Waals surface area (Å²) in [6, 6.07) is 13.4. The standard InChI is InChI=1S/C23H19F6N3O4S.C7H5ClO3/c1-32(12-13-8-14(22(24,25)26)10-15(9-13)23(27,28)29)20(33)19-17(11-30-21(31-19)37(3,34)35)16-6-4-5-7-18(16)36-2;8-6-3-1-2-5(4-6)7(9)11-10/h4-11H,12H2,1-3H3;1-4,10H. The molecule has 0 spiro atoms. The molecule has 48 heavy (non-hydrogen) atoms. The van der Waals surface area contributed by atoms with Crippen molar-refractivity contribution in [1.82, 2.24) is 14.9 Å². The molecule has 1 aromatic heterocycles. The Kier molecular flexibility index (Phi) is 11.8. The third-order valence-corrected chi connectivity index (χ3v) is 7.35. The minimum atomic E-state index is -5.06. The van der Waals surface area contributed by atoms with Gasteiger partial charge >= 0.3 is 18.3 Å². The van der Waals surface area contributed by atoms with E-state index in [4.69, 9.17) is 21.6 Å². The molecule has 0 aliphatic rings. The molecule has 0 aliphatic heterocycles. The summed E-state index contributed by atoms with van der Waals surface area (Å²) in [7, 11) is -1.50. The smallest absolute Gasteiger partial charge is 0.416 e. The Bertz CT molecular complexity index is 1890. The molecule has 4 aromatic rings. The lowest BCUT2D eigenvalue weighted by Gasteiger charge is -2.21. The summed E-state index contributed by atoms with van der Waals surface area (Å²) in [5.74, 6) is -1.51. The molecule has 0 radical (unpaired) electrons. The number of nitrogens with zero attached hydrogens (tertiary/aromatic N) is 3. The Morgan fingerprint density at radius 2 is 1.52 bits per heavy atom. The van der Waals surface area contributed by atoms with E-state index in [2.05, 4.69) is 14.9 Å². The number of carbonyl (C=O) groups excluding carboxylic acids is 2. The highest BCUT2D eigenvalue weighted by molar-refractivity contribution is 7.90. The van der Waals surface area contributed by atoms with Gasteiger partial charge in [-0.25, -0.2) is 23.2 Å². The number of rotatable bonds is 7. The molecule has 0 unspecified atom stereocenters. The molecule has 10 nitrogen and oxygen atoms in total. The first-order chi connectivity index (χ1) is 22.3. The predicted octanol–water partition coefficient (Wildman–Crippen LogP) is 6.84. The molecule has 1 amide bonds. The van der Waals surface area contributed by atoms with Crippen LogP contribution in [0.15, 0.2) is 78.1 Å². The van der Waals surface area contributed by atoms with Gasteiger partial charge in [0.05, 0.1) is 23.8 Å². The van der Waals surface area contributed by atoms with Gasteiger partial charge in [0, 0.05) is 42.2 Å². The van der Waals surface area contributed by atoms with Gasteiger partial charge in [-0.2, -0.15) is 31.6 Å². The van der Waals surface area contributed by atoms with Crippen LogP contribution in [0, 0.1) is 0 Å². The molecule has 0 aliphatic carbocycles. The summed E-state index contributed by atoms with van der Waals surface area (Å²) < 4.78 is 109. The van der Waals surface area contributed by atoms with E-state index in [1.54, 1.807) is 30.3 Å². The third-order valence-electron chi connectivity index (χ3n) is 6.26. The Morgan fingerprint density at radius 1 is 0.917 bits per heavy atom. The van der Waals surface area contributed by atoms with Gasteiger partial charge in [0.2, 0.25) is 15.0 Å². The second-order valence-corrected chi connectivity index (χ2v) is 12.2. The van der Waals surface area contributed by atoms with Crippen molar-refractivity contribution in [2.45, 2.75) is 24.1 Å². The summed E-state index contributed by atoms with van der Waals surface area (Å²) in [6.07, 6.45) is -8.24. The van der Waals surface area contributed by atoms with E-state index in [1.165, 1.54) is 25.3 Å².